The molecule has 3 unspecified atom stereocenters. The molecule has 0 aromatic rings. The van der Waals surface area contributed by atoms with Crippen molar-refractivity contribution in [1.82, 2.24) is 16.0 Å². The topological polar surface area (TPSA) is 188 Å². The van der Waals surface area contributed by atoms with Gasteiger partial charge in [0.15, 0.2) is 0 Å². The van der Waals surface area contributed by atoms with Crippen LogP contribution >= 0.6 is 0 Å². The fourth-order valence-corrected chi connectivity index (χ4v) is 2.45. The van der Waals surface area contributed by atoms with Crippen molar-refractivity contribution in [2.45, 2.75) is 65.1 Å². The van der Waals surface area contributed by atoms with Gasteiger partial charge in [-0.25, -0.2) is 0 Å². The van der Waals surface area contributed by atoms with E-state index >= 15 is 0 Å². The lowest BCUT2D eigenvalue weighted by Gasteiger charge is -2.26. The number of amides is 3. The van der Waals surface area contributed by atoms with Crippen molar-refractivity contribution in [3.8, 4) is 0 Å². The van der Waals surface area contributed by atoms with Gasteiger partial charge < -0.3 is 31.9 Å². The first kappa shape index (κ1) is 26.3. The van der Waals surface area contributed by atoms with Gasteiger partial charge in [0.05, 0.1) is 6.04 Å². The van der Waals surface area contributed by atoms with Crippen molar-refractivity contribution in [3.05, 3.63) is 0 Å². The van der Waals surface area contributed by atoms with Gasteiger partial charge in [0.2, 0.25) is 17.7 Å². The maximum Gasteiger partial charge on any atom is 0.322 e. The predicted octanol–water partition coefficient (Wildman–Crippen LogP) is -0.949. The highest BCUT2D eigenvalue weighted by molar-refractivity contribution is 5.93. The summed E-state index contributed by atoms with van der Waals surface area (Å²) in [6, 6.07) is -3.06. The second kappa shape index (κ2) is 12.7. The molecular formula is C18H32N4O7. The molecule has 0 aliphatic rings. The van der Waals surface area contributed by atoms with Crippen LogP contribution in [0.15, 0.2) is 0 Å². The number of nitrogens with two attached hydrogens (primary N) is 1. The smallest absolute Gasteiger partial charge is 0.322 e. The van der Waals surface area contributed by atoms with E-state index in [4.69, 9.17) is 15.9 Å². The Morgan fingerprint density at radius 3 is 1.90 bits per heavy atom. The van der Waals surface area contributed by atoms with E-state index in [-0.39, 0.29) is 31.1 Å². The van der Waals surface area contributed by atoms with E-state index in [0.717, 1.165) is 0 Å². The first-order valence-corrected chi connectivity index (χ1v) is 9.42. The summed E-state index contributed by atoms with van der Waals surface area (Å²) < 4.78 is 0. The molecule has 3 atom stereocenters. The molecule has 0 fully saturated rings. The summed E-state index contributed by atoms with van der Waals surface area (Å²) in [5.74, 6) is -4.53. The highest BCUT2D eigenvalue weighted by atomic mass is 16.4. The fourth-order valence-electron chi connectivity index (χ4n) is 2.45. The van der Waals surface area contributed by atoms with Crippen LogP contribution in [0.5, 0.6) is 0 Å². The molecule has 0 aliphatic carbocycles. The van der Waals surface area contributed by atoms with Crippen LogP contribution in [0, 0.1) is 11.8 Å². The Balaban J connectivity index is 5.15. The van der Waals surface area contributed by atoms with Crippen molar-refractivity contribution in [2.24, 2.45) is 17.6 Å². The second-order valence-corrected chi connectivity index (χ2v) is 7.57. The summed E-state index contributed by atoms with van der Waals surface area (Å²) in [6.07, 6.45) is -0.0943. The second-order valence-electron chi connectivity index (χ2n) is 7.57. The maximum atomic E-state index is 12.7. The highest BCUT2D eigenvalue weighted by Gasteiger charge is 2.30. The zero-order chi connectivity index (χ0) is 22.7. The number of nitrogens with one attached hydrogen (secondary N) is 3. The molecule has 0 aromatic carbocycles. The lowest BCUT2D eigenvalue weighted by molar-refractivity contribution is -0.139. The molecule has 7 N–H and O–H groups in total. The first-order chi connectivity index (χ1) is 13.3. The van der Waals surface area contributed by atoms with Crippen LogP contribution in [-0.4, -0.2) is 64.5 Å². The first-order valence-electron chi connectivity index (χ1n) is 9.42. The van der Waals surface area contributed by atoms with Crippen molar-refractivity contribution in [2.75, 3.05) is 6.54 Å². The van der Waals surface area contributed by atoms with Crippen LogP contribution in [0.1, 0.15) is 47.0 Å². The number of rotatable bonds is 13. The Morgan fingerprint density at radius 2 is 1.45 bits per heavy atom. The number of carboxylic acid groups (broad SMARTS) is 2. The van der Waals surface area contributed by atoms with Gasteiger partial charge in [0.25, 0.3) is 0 Å². The average molecular weight is 416 g/mol. The van der Waals surface area contributed by atoms with Crippen LogP contribution in [0.2, 0.25) is 0 Å². The number of aliphatic carboxylic acids is 2. The molecular weight excluding hydrogens is 384 g/mol. The quantitative estimate of drug-likeness (QED) is 0.221. The van der Waals surface area contributed by atoms with Gasteiger partial charge in [-0.2, -0.15) is 0 Å². The molecule has 0 aromatic heterocycles. The van der Waals surface area contributed by atoms with E-state index < -0.39 is 54.3 Å². The summed E-state index contributed by atoms with van der Waals surface area (Å²) in [4.78, 5) is 58.4. The molecule has 3 amide bonds. The van der Waals surface area contributed by atoms with Crippen molar-refractivity contribution in [3.63, 3.8) is 0 Å². The van der Waals surface area contributed by atoms with Gasteiger partial charge in [-0.3, -0.25) is 24.0 Å². The third-order valence-corrected chi connectivity index (χ3v) is 4.01. The molecule has 166 valence electrons. The summed E-state index contributed by atoms with van der Waals surface area (Å²) in [6.45, 7) is 6.47. The average Bonchev–Trinajstić information content (AvgIpc) is 2.60. The Kier molecular flexibility index (Phi) is 11.5. The van der Waals surface area contributed by atoms with Gasteiger partial charge >= 0.3 is 11.9 Å². The standard InChI is InChI=1S/C18H32N4O7/c1-9(2)7-12(21-16(27)11(19)5-6-13(23)24)17(28)22-15(10(3)4)18(29)20-8-14(25)26/h9-12,15H,5-8,19H2,1-4H3,(H,20,29)(H,21,27)(H,22,28)(H,23,24)(H,25,26). The number of hydrogen-bond donors (Lipinski definition) is 6. The predicted molar refractivity (Wildman–Crippen MR) is 104 cm³/mol. The van der Waals surface area contributed by atoms with E-state index in [2.05, 4.69) is 16.0 Å². The Bertz CT molecular complexity index is 607. The van der Waals surface area contributed by atoms with E-state index in [0.29, 0.717) is 0 Å². The SMILES string of the molecule is CC(C)CC(NC(=O)C(N)CCC(=O)O)C(=O)NC(C(=O)NCC(=O)O)C(C)C. The van der Waals surface area contributed by atoms with E-state index in [9.17, 15) is 24.0 Å². The minimum absolute atomic E-state index is 0.0274. The lowest BCUT2D eigenvalue weighted by Crippen LogP contribution is -2.57. The van der Waals surface area contributed by atoms with Crippen LogP contribution < -0.4 is 21.7 Å². The van der Waals surface area contributed by atoms with Crippen LogP contribution in [0.3, 0.4) is 0 Å². The van der Waals surface area contributed by atoms with E-state index in [1.54, 1.807) is 13.8 Å². The minimum atomic E-state index is -1.22. The third kappa shape index (κ3) is 11.0. The number of carbonyl (C=O) groups excluding carboxylic acids is 3. The molecule has 0 bridgehead atoms. The van der Waals surface area contributed by atoms with Crippen LogP contribution in [-0.2, 0) is 24.0 Å². The minimum Gasteiger partial charge on any atom is -0.481 e. The van der Waals surface area contributed by atoms with Gasteiger partial charge in [-0.1, -0.05) is 27.7 Å². The molecule has 11 heteroatoms. The molecule has 0 radical (unpaired) electrons. The molecule has 0 spiro atoms. The highest BCUT2D eigenvalue weighted by Crippen LogP contribution is 2.09. The largest absolute Gasteiger partial charge is 0.481 e. The Morgan fingerprint density at radius 1 is 0.862 bits per heavy atom. The van der Waals surface area contributed by atoms with Gasteiger partial charge in [0, 0.05) is 6.42 Å². The van der Waals surface area contributed by atoms with Gasteiger partial charge in [0.1, 0.15) is 18.6 Å². The summed E-state index contributed by atoms with van der Waals surface area (Å²) in [5.41, 5.74) is 5.68. The zero-order valence-electron chi connectivity index (χ0n) is 17.2. The Hall–Kier alpha value is -2.69. The molecule has 0 saturated carbocycles. The summed E-state index contributed by atoms with van der Waals surface area (Å²) >= 11 is 0. The zero-order valence-corrected chi connectivity index (χ0v) is 17.2. The molecule has 11 nitrogen and oxygen atoms in total. The van der Waals surface area contributed by atoms with Crippen LogP contribution in [0.4, 0.5) is 0 Å². The molecule has 0 heterocycles. The monoisotopic (exact) mass is 416 g/mol. The molecule has 0 aliphatic heterocycles. The van der Waals surface area contributed by atoms with Crippen molar-refractivity contribution in [1.29, 1.82) is 0 Å². The maximum absolute atomic E-state index is 12.7. The molecule has 0 rings (SSSR count). The van der Waals surface area contributed by atoms with Gasteiger partial charge in [-0.15, -0.1) is 0 Å². The third-order valence-electron chi connectivity index (χ3n) is 4.01. The number of hydrogen-bond acceptors (Lipinski definition) is 6. The lowest BCUT2D eigenvalue weighted by atomic mass is 9.99. The summed E-state index contributed by atoms with van der Waals surface area (Å²) in [7, 11) is 0. The van der Waals surface area contributed by atoms with Crippen LogP contribution in [0.25, 0.3) is 0 Å². The van der Waals surface area contributed by atoms with E-state index in [1.165, 1.54) is 0 Å². The summed E-state index contributed by atoms with van der Waals surface area (Å²) in [5, 5.41) is 24.6. The fraction of sp³-hybridized carbons (Fsp3) is 0.722. The normalized spacial score (nSPS) is 14.0. The molecule has 0 saturated heterocycles. The van der Waals surface area contributed by atoms with Crippen molar-refractivity contribution >= 4 is 29.7 Å². The number of carbonyl (C=O) groups is 5. The Labute approximate surface area is 169 Å². The van der Waals surface area contributed by atoms with Crippen molar-refractivity contribution < 1.29 is 34.2 Å². The van der Waals surface area contributed by atoms with Gasteiger partial charge in [-0.05, 0) is 24.7 Å². The molecule has 29 heavy (non-hydrogen) atoms. The van der Waals surface area contributed by atoms with E-state index in [1.807, 2.05) is 13.8 Å². The number of carboxylic acids is 2.